The fourth-order valence-corrected chi connectivity index (χ4v) is 10.9. The number of carboxylic acid groups (broad SMARTS) is 1. The summed E-state index contributed by atoms with van der Waals surface area (Å²) in [5, 5.41) is 9.30. The maximum atomic E-state index is 12.4. The molecule has 1 aliphatic heterocycles. The summed E-state index contributed by atoms with van der Waals surface area (Å²) in [7, 11) is 0. The molecular formula is C33H52O8. The van der Waals surface area contributed by atoms with Crippen molar-refractivity contribution in [1.29, 1.82) is 0 Å². The molecule has 6 rings (SSSR count). The molecule has 0 aromatic rings. The standard InChI is InChI=1S/C33H52O8/c1-20-10-14-32(15-11-20)38-40-33(41-39-32)17-16-30(4)23(19-33)18-27(37-22(3)34)29-25-8-7-24(21(2)6-9-28(35)36)31(25,5)13-12-26(29)30/h20-21,23-27,29H,6-19H2,1-5H3,(H,35,36)/t20?,21-,23-,24-,25+,26+,27-,29+,30+,31-,32?,33?/m1/s1. The molecule has 1 saturated heterocycles. The lowest BCUT2D eigenvalue weighted by atomic mass is 9.43. The molecule has 0 bridgehead atoms. The number of aliphatic carboxylic acids is 1. The first-order valence-corrected chi connectivity index (χ1v) is 16.5. The van der Waals surface area contributed by atoms with Gasteiger partial charge in [0.2, 0.25) is 11.6 Å². The molecule has 9 atom stereocenters. The highest BCUT2D eigenvalue weighted by Crippen LogP contribution is 2.69. The van der Waals surface area contributed by atoms with Crippen LogP contribution in [0.25, 0.3) is 0 Å². The van der Waals surface area contributed by atoms with Crippen molar-refractivity contribution < 1.29 is 39.0 Å². The van der Waals surface area contributed by atoms with Gasteiger partial charge in [-0.3, -0.25) is 9.59 Å². The van der Waals surface area contributed by atoms with Crippen LogP contribution in [0.3, 0.4) is 0 Å². The molecule has 0 aromatic heterocycles. The average Bonchev–Trinajstić information content (AvgIpc) is 3.29. The van der Waals surface area contributed by atoms with E-state index in [0.717, 1.165) is 77.0 Å². The lowest BCUT2D eigenvalue weighted by Crippen LogP contribution is -2.62. The van der Waals surface area contributed by atoms with Crippen molar-refractivity contribution in [2.24, 2.45) is 52.3 Å². The zero-order valence-electron chi connectivity index (χ0n) is 25.8. The molecule has 8 nitrogen and oxygen atoms in total. The Balaban J connectivity index is 1.20. The first-order chi connectivity index (χ1) is 19.4. The molecule has 0 unspecified atom stereocenters. The molecule has 232 valence electrons. The van der Waals surface area contributed by atoms with Crippen molar-refractivity contribution in [3.05, 3.63) is 0 Å². The number of fused-ring (bicyclic) bond motifs is 5. The van der Waals surface area contributed by atoms with Crippen molar-refractivity contribution in [3.63, 3.8) is 0 Å². The topological polar surface area (TPSA) is 101 Å². The molecule has 41 heavy (non-hydrogen) atoms. The Bertz CT molecular complexity index is 995. The number of esters is 1. The van der Waals surface area contributed by atoms with Gasteiger partial charge in [0.1, 0.15) is 6.10 Å². The number of hydrogen-bond acceptors (Lipinski definition) is 7. The van der Waals surface area contributed by atoms with Crippen LogP contribution in [-0.2, 0) is 33.9 Å². The predicted molar refractivity (Wildman–Crippen MR) is 150 cm³/mol. The second kappa shape index (κ2) is 10.7. The minimum Gasteiger partial charge on any atom is -0.481 e. The van der Waals surface area contributed by atoms with Gasteiger partial charge < -0.3 is 9.84 Å². The smallest absolute Gasteiger partial charge is 0.303 e. The van der Waals surface area contributed by atoms with Gasteiger partial charge in [-0.15, -0.1) is 0 Å². The maximum absolute atomic E-state index is 12.4. The number of hydrogen-bond donors (Lipinski definition) is 1. The van der Waals surface area contributed by atoms with E-state index in [1.54, 1.807) is 0 Å². The van der Waals surface area contributed by atoms with Crippen molar-refractivity contribution in [2.75, 3.05) is 0 Å². The largest absolute Gasteiger partial charge is 0.481 e. The van der Waals surface area contributed by atoms with Gasteiger partial charge in [-0.05, 0) is 104 Å². The summed E-state index contributed by atoms with van der Waals surface area (Å²) in [5.74, 6) is 0.493. The zero-order chi connectivity index (χ0) is 29.2. The van der Waals surface area contributed by atoms with Gasteiger partial charge in [0.25, 0.3) is 0 Å². The Hall–Kier alpha value is -1.22. The van der Waals surface area contributed by atoms with Crippen LogP contribution < -0.4 is 0 Å². The van der Waals surface area contributed by atoms with Gasteiger partial charge >= 0.3 is 11.9 Å². The molecule has 2 spiro atoms. The SMILES string of the molecule is CC(=O)O[C@@H]1C[C@@H]2CC3(CC[C@]2(C)[C@H]2CC[C@]4(C)[C@@H]([C@H](C)CCC(=O)O)CC[C@H]4[C@H]12)OOC1(CCC(C)CC1)OO3. The Kier molecular flexibility index (Phi) is 7.82. The third-order valence-electron chi connectivity index (χ3n) is 13.3. The van der Waals surface area contributed by atoms with Crippen molar-refractivity contribution in [2.45, 2.75) is 142 Å². The number of carboxylic acids is 1. The molecule has 0 radical (unpaired) electrons. The molecular weight excluding hydrogens is 524 g/mol. The number of ether oxygens (including phenoxy) is 1. The van der Waals surface area contributed by atoms with Crippen LogP contribution in [0.1, 0.15) is 125 Å². The summed E-state index contributed by atoms with van der Waals surface area (Å²) >= 11 is 0. The quantitative estimate of drug-likeness (QED) is 0.271. The van der Waals surface area contributed by atoms with Crippen LogP contribution in [0.5, 0.6) is 0 Å². The summed E-state index contributed by atoms with van der Waals surface area (Å²) in [6.07, 6.45) is 12.2. The minimum absolute atomic E-state index is 0.100. The highest BCUT2D eigenvalue weighted by atomic mass is 17.4. The van der Waals surface area contributed by atoms with Crippen LogP contribution in [0, 0.1) is 52.3 Å². The summed E-state index contributed by atoms with van der Waals surface area (Å²) in [4.78, 5) is 48.1. The molecule has 1 heterocycles. The van der Waals surface area contributed by atoms with Crippen molar-refractivity contribution in [3.8, 4) is 0 Å². The van der Waals surface area contributed by atoms with Crippen LogP contribution in [-0.4, -0.2) is 34.7 Å². The van der Waals surface area contributed by atoms with E-state index in [0.29, 0.717) is 41.9 Å². The van der Waals surface area contributed by atoms with E-state index < -0.39 is 17.5 Å². The Morgan fingerprint density at radius 1 is 0.878 bits per heavy atom. The number of carbonyl (C=O) groups excluding carboxylic acids is 1. The summed E-state index contributed by atoms with van der Waals surface area (Å²) in [6, 6.07) is 0. The average molecular weight is 577 g/mol. The first-order valence-electron chi connectivity index (χ1n) is 16.5. The number of rotatable bonds is 5. The van der Waals surface area contributed by atoms with Crippen molar-refractivity contribution >= 4 is 11.9 Å². The van der Waals surface area contributed by atoms with E-state index in [2.05, 4.69) is 27.7 Å². The fourth-order valence-electron chi connectivity index (χ4n) is 10.9. The second-order valence-corrected chi connectivity index (χ2v) is 15.6. The summed E-state index contributed by atoms with van der Waals surface area (Å²) in [6.45, 7) is 11.0. The first kappa shape index (κ1) is 29.8. The highest BCUT2D eigenvalue weighted by Gasteiger charge is 2.66. The fraction of sp³-hybridized carbons (Fsp3) is 0.939. The third-order valence-corrected chi connectivity index (χ3v) is 13.3. The molecule has 0 aromatic carbocycles. The van der Waals surface area contributed by atoms with Gasteiger partial charge in [0, 0.05) is 44.9 Å². The molecule has 0 amide bonds. The molecule has 6 fully saturated rings. The monoisotopic (exact) mass is 576 g/mol. The van der Waals surface area contributed by atoms with E-state index in [4.69, 9.17) is 24.3 Å². The summed E-state index contributed by atoms with van der Waals surface area (Å²) in [5.41, 5.74) is 0.253. The van der Waals surface area contributed by atoms with Crippen LogP contribution >= 0.6 is 0 Å². The van der Waals surface area contributed by atoms with Crippen LogP contribution in [0.4, 0.5) is 0 Å². The molecule has 5 aliphatic carbocycles. The zero-order valence-corrected chi connectivity index (χ0v) is 25.8. The van der Waals surface area contributed by atoms with Gasteiger partial charge in [-0.2, -0.15) is 19.6 Å². The lowest BCUT2D eigenvalue weighted by molar-refractivity contribution is -0.665. The summed E-state index contributed by atoms with van der Waals surface area (Å²) < 4.78 is 6.20. The molecule has 8 heteroatoms. The minimum atomic E-state index is -0.909. The Morgan fingerprint density at radius 3 is 2.20 bits per heavy atom. The van der Waals surface area contributed by atoms with Gasteiger partial charge in [0.05, 0.1) is 0 Å². The van der Waals surface area contributed by atoms with E-state index >= 15 is 0 Å². The number of carbonyl (C=O) groups is 2. The van der Waals surface area contributed by atoms with E-state index in [9.17, 15) is 14.7 Å². The second-order valence-electron chi connectivity index (χ2n) is 15.6. The van der Waals surface area contributed by atoms with E-state index in [1.807, 2.05) is 0 Å². The molecule has 1 N–H and O–H groups in total. The van der Waals surface area contributed by atoms with Gasteiger partial charge in [0.15, 0.2) is 0 Å². The molecule has 6 aliphatic rings. The van der Waals surface area contributed by atoms with Crippen molar-refractivity contribution in [1.82, 2.24) is 0 Å². The maximum Gasteiger partial charge on any atom is 0.303 e. The Labute approximate surface area is 245 Å². The van der Waals surface area contributed by atoms with Gasteiger partial charge in [-0.1, -0.05) is 27.7 Å². The lowest BCUT2D eigenvalue weighted by Gasteiger charge is -2.64. The van der Waals surface area contributed by atoms with E-state index in [1.165, 1.54) is 6.92 Å². The van der Waals surface area contributed by atoms with Crippen LogP contribution in [0.15, 0.2) is 0 Å². The highest BCUT2D eigenvalue weighted by molar-refractivity contribution is 5.66. The van der Waals surface area contributed by atoms with Crippen LogP contribution in [0.2, 0.25) is 0 Å². The molecule has 5 saturated carbocycles. The third kappa shape index (κ3) is 5.17. The predicted octanol–water partition coefficient (Wildman–Crippen LogP) is 7.20. The Morgan fingerprint density at radius 2 is 1.54 bits per heavy atom. The normalized spacial score (nSPS) is 50.0. The van der Waals surface area contributed by atoms with E-state index in [-0.39, 0.29) is 35.2 Å². The van der Waals surface area contributed by atoms with Gasteiger partial charge in [-0.25, -0.2) is 0 Å².